The maximum absolute atomic E-state index is 14.3. The van der Waals surface area contributed by atoms with Gasteiger partial charge in [-0.3, -0.25) is 71.9 Å². The van der Waals surface area contributed by atoms with Gasteiger partial charge in [0.15, 0.2) is 0 Å². The summed E-state index contributed by atoms with van der Waals surface area (Å²) in [6.45, 7) is -2.24. The molecule has 0 aliphatic carbocycles. The molecule has 30 heteroatoms. The third-order valence-electron chi connectivity index (χ3n) is 10.6. The van der Waals surface area contributed by atoms with Crippen molar-refractivity contribution in [2.75, 3.05) is 55.2 Å². The fourth-order valence-corrected chi connectivity index (χ4v) is 6.83. The van der Waals surface area contributed by atoms with Crippen LogP contribution in [-0.2, 0) is 28.8 Å². The third-order valence-corrected chi connectivity index (χ3v) is 10.6. The quantitative estimate of drug-likeness (QED) is 0.0341. The van der Waals surface area contributed by atoms with Gasteiger partial charge in [0, 0.05) is 106 Å². The van der Waals surface area contributed by atoms with Gasteiger partial charge in [-0.1, -0.05) is 0 Å². The van der Waals surface area contributed by atoms with Gasteiger partial charge in [0.25, 0.3) is 53.2 Å². The van der Waals surface area contributed by atoms with E-state index in [1.54, 1.807) is 0 Å². The van der Waals surface area contributed by atoms with Crippen LogP contribution < -0.4 is 47.9 Å². The molecular weight excluding hydrogens is 1070 g/mol. The largest absolute Gasteiger partial charge is 0.481 e. The number of carboxylic acid groups (broad SMARTS) is 6. The summed E-state index contributed by atoms with van der Waals surface area (Å²) in [5.41, 5.74) is -4.31. The van der Waals surface area contributed by atoms with Gasteiger partial charge in [0.2, 0.25) is 0 Å². The van der Waals surface area contributed by atoms with E-state index in [1.165, 1.54) is 0 Å². The molecule has 4 rings (SSSR count). The summed E-state index contributed by atoms with van der Waals surface area (Å²) in [4.78, 5) is 189. The Balaban J connectivity index is 1.87. The van der Waals surface area contributed by atoms with Crippen molar-refractivity contribution in [2.24, 2.45) is 0 Å². The molecule has 0 aromatic heterocycles. The van der Waals surface area contributed by atoms with E-state index in [4.69, 9.17) is 30.6 Å². The van der Waals surface area contributed by atoms with Crippen LogP contribution in [0.4, 0.5) is 17.1 Å². The zero-order valence-electron chi connectivity index (χ0n) is 42.2. The smallest absolute Gasteiger partial charge is 0.305 e. The monoisotopic (exact) mass is 1130 g/mol. The standard InChI is InChI=1S/C51H51N9O21/c61-37(62)1-7-52-43(73)28-16-29(44(74)53-8-2-38(63)64)20-34(19-28)58-49(79)25-13-26(50(80)59-35-21-30(45(75)54-9-3-39(65)66)17-31(22-35)46(76)55-10-4-40(67)68)15-27(14-25)51(81)60-36-23-32(47(77)56-11-5-41(69)70)18-33(24-36)48(78)57-12-6-42(71)72/h13-24H,1-12H2,(H,52,73)(H,53,74)(H,54,75)(H,55,76)(H,56,77)(H,57,78)(H,58,79)(H,59,80)(H,60,81)(H,61,62)(H,63,64)(H,65,66)(H,67,68)(H,69,70)(H,71,72). The summed E-state index contributed by atoms with van der Waals surface area (Å²) >= 11 is 0. The summed E-state index contributed by atoms with van der Waals surface area (Å²) in [6, 6.07) is 12.3. The van der Waals surface area contributed by atoms with E-state index in [0.29, 0.717) is 0 Å². The summed E-state index contributed by atoms with van der Waals surface area (Å²) in [7, 11) is 0. The van der Waals surface area contributed by atoms with Gasteiger partial charge < -0.3 is 78.5 Å². The molecule has 0 bridgehead atoms. The summed E-state index contributed by atoms with van der Waals surface area (Å²) < 4.78 is 0. The molecule has 0 aliphatic rings. The Hall–Kier alpha value is -11.1. The molecular formula is C51H51N9O21. The highest BCUT2D eigenvalue weighted by Crippen LogP contribution is 2.23. The Bertz CT molecular complexity index is 2720. The maximum atomic E-state index is 14.3. The highest BCUT2D eigenvalue weighted by Gasteiger charge is 2.23. The van der Waals surface area contributed by atoms with E-state index in [0.717, 1.165) is 72.8 Å². The minimum atomic E-state index is -1.26. The first-order chi connectivity index (χ1) is 38.3. The van der Waals surface area contributed by atoms with Crippen molar-refractivity contribution >= 4 is 106 Å². The lowest BCUT2D eigenvalue weighted by Crippen LogP contribution is -2.29. The zero-order valence-corrected chi connectivity index (χ0v) is 42.2. The molecule has 0 spiro atoms. The Kier molecular flexibility index (Phi) is 23.2. The SMILES string of the molecule is O=C(O)CCNC(=O)c1cc(NC(=O)c2cc(C(=O)Nc3cc(C(=O)NCCC(=O)O)cc(C(=O)NCCC(=O)O)c3)cc(C(=O)Nc3cc(C(=O)NCCC(=O)O)cc(C(=O)NCCC(=O)O)c3)c2)cc(C(=O)NCCC(=O)O)c1. The number of benzene rings is 4. The molecule has 0 unspecified atom stereocenters. The maximum Gasteiger partial charge on any atom is 0.305 e. The van der Waals surface area contributed by atoms with Crippen molar-refractivity contribution in [1.29, 1.82) is 0 Å². The van der Waals surface area contributed by atoms with E-state index in [2.05, 4.69) is 47.9 Å². The first-order valence-corrected chi connectivity index (χ1v) is 23.8. The van der Waals surface area contributed by atoms with E-state index < -0.39 is 144 Å². The molecule has 0 aliphatic heterocycles. The number of aliphatic carboxylic acids is 6. The average Bonchev–Trinajstić information content (AvgIpc) is 3.41. The Labute approximate surface area is 456 Å². The first-order valence-electron chi connectivity index (χ1n) is 23.8. The summed E-state index contributed by atoms with van der Waals surface area (Å²) in [6.07, 6.45) is -3.05. The van der Waals surface area contributed by atoms with Gasteiger partial charge in [0.1, 0.15) is 0 Å². The number of hydrogen-bond donors (Lipinski definition) is 15. The number of carbonyl (C=O) groups excluding carboxylic acids is 9. The van der Waals surface area contributed by atoms with E-state index in [-0.39, 0.29) is 89.7 Å². The molecule has 81 heavy (non-hydrogen) atoms. The van der Waals surface area contributed by atoms with Crippen molar-refractivity contribution in [3.05, 3.63) is 123 Å². The molecule has 0 heterocycles. The highest BCUT2D eigenvalue weighted by atomic mass is 16.4. The molecule has 0 radical (unpaired) electrons. The van der Waals surface area contributed by atoms with E-state index in [9.17, 15) is 71.9 Å². The molecule has 30 nitrogen and oxygen atoms in total. The van der Waals surface area contributed by atoms with Crippen LogP contribution in [0.3, 0.4) is 0 Å². The second kappa shape index (κ2) is 30.0. The second-order valence-corrected chi connectivity index (χ2v) is 17.0. The van der Waals surface area contributed by atoms with E-state index in [1.807, 2.05) is 0 Å². The van der Waals surface area contributed by atoms with Gasteiger partial charge in [-0.05, 0) is 72.8 Å². The van der Waals surface area contributed by atoms with Crippen molar-refractivity contribution in [1.82, 2.24) is 31.9 Å². The molecule has 4 aromatic rings. The lowest BCUT2D eigenvalue weighted by Gasteiger charge is -2.15. The number of anilines is 3. The topological polar surface area (TPSA) is 486 Å². The van der Waals surface area contributed by atoms with Crippen LogP contribution in [-0.4, -0.2) is 159 Å². The van der Waals surface area contributed by atoms with Gasteiger partial charge in [-0.2, -0.15) is 0 Å². The van der Waals surface area contributed by atoms with Gasteiger partial charge in [-0.25, -0.2) is 0 Å². The molecule has 0 saturated heterocycles. The lowest BCUT2D eigenvalue weighted by molar-refractivity contribution is -0.137. The highest BCUT2D eigenvalue weighted by molar-refractivity contribution is 6.14. The molecule has 426 valence electrons. The summed E-state index contributed by atoms with van der Waals surface area (Å²) in [5.74, 6) is -16.6. The molecule has 0 atom stereocenters. The van der Waals surface area contributed by atoms with Gasteiger partial charge >= 0.3 is 35.8 Å². The predicted molar refractivity (Wildman–Crippen MR) is 277 cm³/mol. The van der Waals surface area contributed by atoms with Crippen LogP contribution >= 0.6 is 0 Å². The number of hydrogen-bond acceptors (Lipinski definition) is 15. The van der Waals surface area contributed by atoms with Crippen molar-refractivity contribution in [3.63, 3.8) is 0 Å². The molecule has 0 saturated carbocycles. The van der Waals surface area contributed by atoms with Crippen molar-refractivity contribution < 1.29 is 103 Å². The number of rotatable bonds is 30. The molecule has 0 fully saturated rings. The molecule has 4 aromatic carbocycles. The third kappa shape index (κ3) is 21.1. The van der Waals surface area contributed by atoms with Crippen LogP contribution in [0.2, 0.25) is 0 Å². The van der Waals surface area contributed by atoms with Crippen LogP contribution in [0.25, 0.3) is 0 Å². The molecule has 9 amide bonds. The number of carbonyl (C=O) groups is 15. The van der Waals surface area contributed by atoms with Crippen LogP contribution in [0, 0.1) is 0 Å². The average molecular weight is 1130 g/mol. The number of nitrogens with one attached hydrogen (secondary N) is 9. The van der Waals surface area contributed by atoms with Gasteiger partial charge in [-0.15, -0.1) is 0 Å². The fraction of sp³-hybridized carbons (Fsp3) is 0.235. The lowest BCUT2D eigenvalue weighted by atomic mass is 10.0. The molecule has 15 N–H and O–H groups in total. The zero-order chi connectivity index (χ0) is 59.9. The minimum absolute atomic E-state index is 0.296. The fourth-order valence-electron chi connectivity index (χ4n) is 6.83. The minimum Gasteiger partial charge on any atom is -0.481 e. The van der Waals surface area contributed by atoms with Crippen LogP contribution in [0.5, 0.6) is 0 Å². The van der Waals surface area contributed by atoms with Crippen molar-refractivity contribution in [3.8, 4) is 0 Å². The Morgan fingerprint density at radius 1 is 0.222 bits per heavy atom. The normalized spacial score (nSPS) is 10.4. The number of amides is 9. The Morgan fingerprint density at radius 2 is 0.358 bits per heavy atom. The van der Waals surface area contributed by atoms with Crippen molar-refractivity contribution in [2.45, 2.75) is 38.5 Å². The van der Waals surface area contributed by atoms with Gasteiger partial charge in [0.05, 0.1) is 38.5 Å². The second-order valence-electron chi connectivity index (χ2n) is 17.0. The van der Waals surface area contributed by atoms with E-state index >= 15 is 0 Å². The van der Waals surface area contributed by atoms with Crippen LogP contribution in [0.1, 0.15) is 132 Å². The summed E-state index contributed by atoms with van der Waals surface area (Å²) in [5, 5.41) is 75.7. The first kappa shape index (κ1) is 62.5. The predicted octanol–water partition coefficient (Wildman–Crippen LogP) is 0.671. The van der Waals surface area contributed by atoms with Crippen LogP contribution in [0.15, 0.2) is 72.8 Å². The number of carboxylic acids is 6. The Morgan fingerprint density at radius 3 is 0.494 bits per heavy atom.